The molecule has 0 N–H and O–H groups in total. The highest BCUT2D eigenvalue weighted by Gasteiger charge is 2.23. The SMILES string of the molecule is [B]OC(=O)C(N=Nc1ccc([N+](=O)[O-])cc1)C(C)=O. The number of nitro groups is 1. The summed E-state index contributed by atoms with van der Waals surface area (Å²) < 4.78 is 3.91. The second-order valence-electron chi connectivity index (χ2n) is 3.44. The van der Waals surface area contributed by atoms with Crippen molar-refractivity contribution in [3.05, 3.63) is 34.4 Å². The van der Waals surface area contributed by atoms with E-state index in [0.29, 0.717) is 0 Å². The van der Waals surface area contributed by atoms with Gasteiger partial charge in [0.1, 0.15) is 0 Å². The van der Waals surface area contributed by atoms with Crippen molar-refractivity contribution in [2.24, 2.45) is 10.2 Å². The summed E-state index contributed by atoms with van der Waals surface area (Å²) in [5.41, 5.74) is 0.144. The van der Waals surface area contributed by atoms with Crippen LogP contribution in [0.2, 0.25) is 0 Å². The molecule has 0 fully saturated rings. The van der Waals surface area contributed by atoms with Crippen molar-refractivity contribution >= 4 is 31.2 Å². The van der Waals surface area contributed by atoms with E-state index in [1.165, 1.54) is 24.3 Å². The third kappa shape index (κ3) is 3.98. The molecule has 0 saturated carbocycles. The van der Waals surface area contributed by atoms with Gasteiger partial charge in [0.05, 0.1) is 10.6 Å². The highest BCUT2D eigenvalue weighted by molar-refractivity contribution is 6.11. The first-order valence-electron chi connectivity index (χ1n) is 5.02. The molecule has 0 heterocycles. The first kappa shape index (κ1) is 14.5. The van der Waals surface area contributed by atoms with Gasteiger partial charge in [0.2, 0.25) is 6.04 Å². The number of nitrogens with zero attached hydrogens (tertiary/aromatic N) is 3. The maximum absolute atomic E-state index is 11.1. The molecule has 0 aliphatic heterocycles. The number of benzene rings is 1. The van der Waals surface area contributed by atoms with Gasteiger partial charge in [0.15, 0.2) is 5.78 Å². The van der Waals surface area contributed by atoms with Crippen LogP contribution in [0.1, 0.15) is 6.92 Å². The molecule has 8 nitrogen and oxygen atoms in total. The zero-order valence-corrected chi connectivity index (χ0v) is 9.85. The van der Waals surface area contributed by atoms with Crippen LogP contribution in [0.4, 0.5) is 11.4 Å². The fraction of sp³-hybridized carbons (Fsp3) is 0.200. The Kier molecular flexibility index (Phi) is 4.87. The monoisotopic (exact) mass is 261 g/mol. The molecule has 2 radical (unpaired) electrons. The van der Waals surface area contributed by atoms with Gasteiger partial charge < -0.3 is 4.65 Å². The molecule has 1 unspecified atom stereocenters. The van der Waals surface area contributed by atoms with Gasteiger partial charge in [-0.2, -0.15) is 10.2 Å². The van der Waals surface area contributed by atoms with Crippen molar-refractivity contribution in [3.63, 3.8) is 0 Å². The summed E-state index contributed by atoms with van der Waals surface area (Å²) in [4.78, 5) is 32.1. The number of ketones is 1. The van der Waals surface area contributed by atoms with E-state index in [2.05, 4.69) is 22.9 Å². The third-order valence-corrected chi connectivity index (χ3v) is 2.07. The van der Waals surface area contributed by atoms with E-state index in [4.69, 9.17) is 0 Å². The summed E-state index contributed by atoms with van der Waals surface area (Å²) in [5.74, 6) is -1.61. The highest BCUT2D eigenvalue weighted by atomic mass is 16.6. The van der Waals surface area contributed by atoms with Crippen LogP contribution >= 0.6 is 0 Å². The Bertz CT molecular complexity index is 528. The lowest BCUT2D eigenvalue weighted by molar-refractivity contribution is -0.384. The van der Waals surface area contributed by atoms with Gasteiger partial charge in [-0.1, -0.05) is 0 Å². The molecular weight excluding hydrogens is 253 g/mol. The van der Waals surface area contributed by atoms with Gasteiger partial charge in [0.25, 0.3) is 5.69 Å². The molecule has 1 rings (SSSR count). The van der Waals surface area contributed by atoms with E-state index >= 15 is 0 Å². The van der Waals surface area contributed by atoms with Crippen LogP contribution in [0.25, 0.3) is 0 Å². The third-order valence-electron chi connectivity index (χ3n) is 2.07. The molecule has 1 atom stereocenters. The zero-order valence-electron chi connectivity index (χ0n) is 9.85. The Morgan fingerprint density at radius 3 is 2.37 bits per heavy atom. The van der Waals surface area contributed by atoms with E-state index < -0.39 is 22.7 Å². The lowest BCUT2D eigenvalue weighted by atomic mass is 10.2. The minimum atomic E-state index is -1.44. The molecule has 1 aromatic carbocycles. The molecule has 0 aliphatic carbocycles. The lowest BCUT2D eigenvalue weighted by Crippen LogP contribution is -2.27. The number of nitro benzene ring substituents is 1. The Hall–Kier alpha value is -2.58. The fourth-order valence-electron chi connectivity index (χ4n) is 1.12. The minimum Gasteiger partial charge on any atom is -0.541 e. The summed E-state index contributed by atoms with van der Waals surface area (Å²) in [6.07, 6.45) is 0. The predicted molar refractivity (Wildman–Crippen MR) is 63.9 cm³/mol. The van der Waals surface area contributed by atoms with Crippen molar-refractivity contribution in [3.8, 4) is 0 Å². The van der Waals surface area contributed by atoms with E-state index in [1.54, 1.807) is 0 Å². The topological polar surface area (TPSA) is 111 Å². The van der Waals surface area contributed by atoms with Crippen LogP contribution in [-0.4, -0.2) is 30.8 Å². The number of hydrogen-bond donors (Lipinski definition) is 0. The number of rotatable bonds is 5. The predicted octanol–water partition coefficient (Wildman–Crippen LogP) is 1.26. The lowest BCUT2D eigenvalue weighted by Gasteiger charge is -2.04. The molecular formula is C10H8BN3O5. The fourth-order valence-corrected chi connectivity index (χ4v) is 1.12. The first-order chi connectivity index (χ1) is 8.95. The van der Waals surface area contributed by atoms with Gasteiger partial charge in [-0.3, -0.25) is 19.7 Å². The number of azo groups is 1. The van der Waals surface area contributed by atoms with Crippen LogP contribution in [0.15, 0.2) is 34.5 Å². The Morgan fingerprint density at radius 1 is 1.37 bits per heavy atom. The van der Waals surface area contributed by atoms with Gasteiger partial charge in [0, 0.05) is 12.1 Å². The second kappa shape index (κ2) is 6.38. The van der Waals surface area contributed by atoms with E-state index in [1.807, 2.05) is 0 Å². The molecule has 96 valence electrons. The van der Waals surface area contributed by atoms with Gasteiger partial charge in [-0.05, 0) is 19.1 Å². The Labute approximate surface area is 109 Å². The molecule has 0 saturated heterocycles. The van der Waals surface area contributed by atoms with Crippen molar-refractivity contribution in [1.82, 2.24) is 0 Å². The van der Waals surface area contributed by atoms with Gasteiger partial charge in [-0.25, -0.2) is 0 Å². The minimum absolute atomic E-state index is 0.108. The Balaban J connectivity index is 2.87. The van der Waals surface area contributed by atoms with Crippen LogP contribution in [0, 0.1) is 10.1 Å². The quantitative estimate of drug-likeness (QED) is 0.260. The number of Topliss-reactive ketones (excluding diaryl/α,β-unsaturated/α-hetero) is 1. The summed E-state index contributed by atoms with van der Waals surface area (Å²) >= 11 is 0. The summed E-state index contributed by atoms with van der Waals surface area (Å²) in [5, 5.41) is 17.5. The average molecular weight is 261 g/mol. The van der Waals surface area contributed by atoms with Gasteiger partial charge in [-0.15, -0.1) is 0 Å². The van der Waals surface area contributed by atoms with E-state index in [9.17, 15) is 19.7 Å². The first-order valence-corrected chi connectivity index (χ1v) is 5.02. The standard InChI is InChI=1S/C10H8BN3O5/c1-6(15)9(10(16)19-11)13-12-7-2-4-8(5-3-7)14(17)18/h2-5,9H,1H3. The molecule has 1 aromatic rings. The number of carbonyl (C=O) groups excluding carboxylic acids is 2. The smallest absolute Gasteiger partial charge is 0.378 e. The highest BCUT2D eigenvalue weighted by Crippen LogP contribution is 2.18. The summed E-state index contributed by atoms with van der Waals surface area (Å²) in [6, 6.07) is 3.65. The maximum atomic E-state index is 11.1. The summed E-state index contributed by atoms with van der Waals surface area (Å²) in [7, 11) is 4.65. The maximum Gasteiger partial charge on any atom is 0.378 e. The molecule has 9 heteroatoms. The van der Waals surface area contributed by atoms with Crippen molar-refractivity contribution in [1.29, 1.82) is 0 Å². The number of non-ortho nitro benzene ring substituents is 1. The molecule has 0 amide bonds. The number of carbonyl (C=O) groups is 2. The number of hydrogen-bond acceptors (Lipinski definition) is 7. The van der Waals surface area contributed by atoms with Crippen molar-refractivity contribution in [2.45, 2.75) is 13.0 Å². The largest absolute Gasteiger partial charge is 0.541 e. The van der Waals surface area contributed by atoms with E-state index in [-0.39, 0.29) is 11.4 Å². The van der Waals surface area contributed by atoms with Crippen LogP contribution in [0.5, 0.6) is 0 Å². The average Bonchev–Trinajstić information content (AvgIpc) is 2.38. The normalized spacial score (nSPS) is 12.1. The summed E-state index contributed by atoms with van der Waals surface area (Å²) in [6.45, 7) is 1.14. The van der Waals surface area contributed by atoms with Crippen LogP contribution < -0.4 is 0 Å². The van der Waals surface area contributed by atoms with Crippen molar-refractivity contribution < 1.29 is 19.2 Å². The van der Waals surface area contributed by atoms with Crippen molar-refractivity contribution in [2.75, 3.05) is 0 Å². The van der Waals surface area contributed by atoms with E-state index in [0.717, 1.165) is 6.92 Å². The molecule has 0 aliphatic rings. The molecule has 19 heavy (non-hydrogen) atoms. The zero-order chi connectivity index (χ0) is 14.4. The van der Waals surface area contributed by atoms with Crippen LogP contribution in [0.3, 0.4) is 0 Å². The molecule has 0 bridgehead atoms. The molecule has 0 spiro atoms. The Morgan fingerprint density at radius 2 is 1.95 bits per heavy atom. The van der Waals surface area contributed by atoms with Gasteiger partial charge >= 0.3 is 14.0 Å². The second-order valence-corrected chi connectivity index (χ2v) is 3.44. The molecule has 0 aromatic heterocycles. The van der Waals surface area contributed by atoms with Crippen LogP contribution in [-0.2, 0) is 14.2 Å².